The van der Waals surface area contributed by atoms with Crippen LogP contribution < -0.4 is 15.6 Å². The number of methoxy groups -OCH3 is 1. The minimum absolute atomic E-state index is 0.0346. The first-order valence-electron chi connectivity index (χ1n) is 12.2. The molecule has 8 nitrogen and oxygen atoms in total. The van der Waals surface area contributed by atoms with Gasteiger partial charge in [-0.3, -0.25) is 14.6 Å². The van der Waals surface area contributed by atoms with Crippen LogP contribution in [0.3, 0.4) is 0 Å². The van der Waals surface area contributed by atoms with Crippen molar-refractivity contribution >= 4 is 51.4 Å². The third-order valence-electron chi connectivity index (χ3n) is 6.71. The largest absolute Gasteiger partial charge is 0.495 e. The minimum Gasteiger partial charge on any atom is -0.495 e. The number of halogens is 2. The van der Waals surface area contributed by atoms with Gasteiger partial charge in [-0.25, -0.2) is 0 Å². The number of ether oxygens (including phenoxy) is 1. The summed E-state index contributed by atoms with van der Waals surface area (Å²) in [5.41, 5.74) is 3.39. The highest BCUT2D eigenvalue weighted by Crippen LogP contribution is 2.33. The highest BCUT2D eigenvalue weighted by molar-refractivity contribution is 6.36. The fourth-order valence-corrected chi connectivity index (χ4v) is 5.11. The Morgan fingerprint density at radius 2 is 1.79 bits per heavy atom. The molecule has 0 unspecified atom stereocenters. The van der Waals surface area contributed by atoms with Crippen LogP contribution in [-0.2, 0) is 6.42 Å². The minimum atomic E-state index is -0.277. The molecule has 0 radical (unpaired) electrons. The van der Waals surface area contributed by atoms with Gasteiger partial charge in [-0.1, -0.05) is 29.3 Å². The summed E-state index contributed by atoms with van der Waals surface area (Å²) in [4.78, 5) is 37.4. The Kier molecular flexibility index (Phi) is 7.56. The first kappa shape index (κ1) is 26.0. The van der Waals surface area contributed by atoms with Gasteiger partial charge in [-0.2, -0.15) is 0 Å². The molecule has 1 fully saturated rings. The second-order valence-corrected chi connectivity index (χ2v) is 10.1. The predicted octanol–water partition coefficient (Wildman–Crippen LogP) is 4.96. The number of anilines is 2. The molecule has 3 heterocycles. The Balaban J connectivity index is 1.50. The molecule has 2 aromatic carbocycles. The van der Waals surface area contributed by atoms with Crippen molar-refractivity contribution in [3.8, 4) is 5.75 Å². The zero-order chi connectivity index (χ0) is 26.8. The Bertz CT molecular complexity index is 1540. The number of aromatic nitrogens is 2. The molecular weight excluding hydrogens is 525 g/mol. The van der Waals surface area contributed by atoms with Gasteiger partial charge >= 0.3 is 0 Å². The van der Waals surface area contributed by atoms with E-state index in [0.29, 0.717) is 68.8 Å². The molecule has 196 valence electrons. The lowest BCUT2D eigenvalue weighted by Gasteiger charge is -2.32. The number of rotatable bonds is 6. The lowest BCUT2D eigenvalue weighted by molar-refractivity contribution is 0.0664. The van der Waals surface area contributed by atoms with E-state index in [2.05, 4.69) is 15.2 Å². The summed E-state index contributed by atoms with van der Waals surface area (Å²) >= 11 is 12.8. The van der Waals surface area contributed by atoms with Crippen molar-refractivity contribution in [2.24, 2.45) is 0 Å². The Morgan fingerprint density at radius 1 is 1.05 bits per heavy atom. The summed E-state index contributed by atoms with van der Waals surface area (Å²) in [6.07, 6.45) is 1.94. The number of nitrogens with zero attached hydrogens (tertiary/aromatic N) is 3. The zero-order valence-electron chi connectivity index (χ0n) is 21.1. The molecule has 38 heavy (non-hydrogen) atoms. The molecule has 0 aliphatic carbocycles. The summed E-state index contributed by atoms with van der Waals surface area (Å²) in [6.45, 7) is 3.05. The molecule has 2 N–H and O–H groups in total. The van der Waals surface area contributed by atoms with Gasteiger partial charge < -0.3 is 24.8 Å². The van der Waals surface area contributed by atoms with Crippen LogP contribution in [0.2, 0.25) is 10.0 Å². The fraction of sp³-hybridized carbons (Fsp3) is 0.250. The summed E-state index contributed by atoms with van der Waals surface area (Å²) in [5.74, 6) is 0.450. The molecule has 0 spiro atoms. The van der Waals surface area contributed by atoms with Gasteiger partial charge in [-0.05, 0) is 55.1 Å². The number of hydrogen-bond donors (Lipinski definition) is 2. The number of fused-ring (bicyclic) bond motifs is 1. The smallest absolute Gasteiger partial charge is 0.259 e. The van der Waals surface area contributed by atoms with Crippen LogP contribution in [0.5, 0.6) is 5.75 Å². The molecule has 1 saturated heterocycles. The molecule has 1 aliphatic rings. The van der Waals surface area contributed by atoms with Crippen LogP contribution in [0.25, 0.3) is 10.9 Å². The first-order chi connectivity index (χ1) is 18.3. The van der Waals surface area contributed by atoms with Gasteiger partial charge in [0, 0.05) is 60.1 Å². The van der Waals surface area contributed by atoms with E-state index >= 15 is 0 Å². The van der Waals surface area contributed by atoms with Gasteiger partial charge in [0.15, 0.2) is 0 Å². The van der Waals surface area contributed by atoms with Gasteiger partial charge in [0.05, 0.1) is 29.4 Å². The van der Waals surface area contributed by atoms with Gasteiger partial charge in [0.2, 0.25) is 0 Å². The Morgan fingerprint density at radius 3 is 2.50 bits per heavy atom. The normalized spacial score (nSPS) is 14.1. The molecule has 4 aromatic rings. The van der Waals surface area contributed by atoms with Crippen LogP contribution in [0.1, 0.15) is 21.6 Å². The molecule has 0 atom stereocenters. The SMILES string of the molecule is COc1cc(C(=O)N2CCN(C)CC2)ccc1Nc1cc(Cc2c(Cl)cccc2Cl)nc2cc[nH]c(=O)c12. The molecule has 0 saturated carbocycles. The molecular formula is C28H27Cl2N5O3. The second kappa shape index (κ2) is 11.0. The van der Waals surface area contributed by atoms with E-state index in [1.165, 1.54) is 0 Å². The lowest BCUT2D eigenvalue weighted by atomic mass is 10.1. The van der Waals surface area contributed by atoms with Crippen LogP contribution >= 0.6 is 23.2 Å². The van der Waals surface area contributed by atoms with Crippen molar-refractivity contribution in [3.63, 3.8) is 0 Å². The molecule has 1 amide bonds. The number of piperazine rings is 1. The number of likely N-dealkylation sites (N-methyl/N-ethyl adjacent to an activating group) is 1. The highest BCUT2D eigenvalue weighted by atomic mass is 35.5. The van der Waals surface area contributed by atoms with E-state index in [0.717, 1.165) is 18.7 Å². The van der Waals surface area contributed by atoms with Crippen LogP contribution in [0, 0.1) is 0 Å². The summed E-state index contributed by atoms with van der Waals surface area (Å²) in [7, 11) is 3.60. The number of nitrogens with one attached hydrogen (secondary N) is 2. The second-order valence-electron chi connectivity index (χ2n) is 9.24. The number of pyridine rings is 2. The van der Waals surface area contributed by atoms with Crippen molar-refractivity contribution in [1.29, 1.82) is 0 Å². The number of carbonyl (C=O) groups excluding carboxylic acids is 1. The quantitative estimate of drug-likeness (QED) is 0.352. The molecule has 1 aliphatic heterocycles. The van der Waals surface area contributed by atoms with Crippen molar-refractivity contribution in [3.05, 3.63) is 91.9 Å². The van der Waals surface area contributed by atoms with Gasteiger partial charge in [0.25, 0.3) is 11.5 Å². The maximum atomic E-state index is 13.1. The van der Waals surface area contributed by atoms with E-state index in [9.17, 15) is 9.59 Å². The monoisotopic (exact) mass is 551 g/mol. The highest BCUT2D eigenvalue weighted by Gasteiger charge is 2.22. The number of carbonyl (C=O) groups is 1. The van der Waals surface area contributed by atoms with Gasteiger partial charge in [-0.15, -0.1) is 0 Å². The van der Waals surface area contributed by atoms with Gasteiger partial charge in [0.1, 0.15) is 5.75 Å². The third kappa shape index (κ3) is 5.34. The van der Waals surface area contributed by atoms with Crippen molar-refractivity contribution in [2.45, 2.75) is 6.42 Å². The first-order valence-corrected chi connectivity index (χ1v) is 13.0. The summed E-state index contributed by atoms with van der Waals surface area (Å²) < 4.78 is 5.63. The van der Waals surface area contributed by atoms with E-state index in [1.54, 1.807) is 61.8 Å². The van der Waals surface area contributed by atoms with Crippen molar-refractivity contribution < 1.29 is 9.53 Å². The zero-order valence-corrected chi connectivity index (χ0v) is 22.6. The molecule has 2 aromatic heterocycles. The van der Waals surface area contributed by atoms with Crippen LogP contribution in [0.4, 0.5) is 11.4 Å². The topological polar surface area (TPSA) is 90.6 Å². The van der Waals surface area contributed by atoms with Crippen LogP contribution in [0.15, 0.2) is 59.5 Å². The molecule has 0 bridgehead atoms. The van der Waals surface area contributed by atoms with Crippen molar-refractivity contribution in [1.82, 2.24) is 19.8 Å². The van der Waals surface area contributed by atoms with E-state index in [4.69, 9.17) is 32.9 Å². The molecule has 5 rings (SSSR count). The summed E-state index contributed by atoms with van der Waals surface area (Å²) in [6, 6.07) is 14.2. The number of amides is 1. The fourth-order valence-electron chi connectivity index (χ4n) is 4.58. The van der Waals surface area contributed by atoms with Crippen molar-refractivity contribution in [2.75, 3.05) is 45.7 Å². The van der Waals surface area contributed by atoms with Crippen LogP contribution in [-0.4, -0.2) is 66.0 Å². The summed E-state index contributed by atoms with van der Waals surface area (Å²) in [5, 5.41) is 4.82. The molecule has 10 heteroatoms. The number of aromatic amines is 1. The average molecular weight is 552 g/mol. The number of benzene rings is 2. The lowest BCUT2D eigenvalue weighted by Crippen LogP contribution is -2.47. The number of H-pyrrole nitrogens is 1. The maximum absolute atomic E-state index is 13.1. The third-order valence-corrected chi connectivity index (χ3v) is 7.42. The van der Waals surface area contributed by atoms with E-state index < -0.39 is 0 Å². The maximum Gasteiger partial charge on any atom is 0.259 e. The average Bonchev–Trinajstić information content (AvgIpc) is 2.91. The predicted molar refractivity (Wildman–Crippen MR) is 151 cm³/mol. The standard InChI is InChI=1S/C28H27Cl2N5O3/c1-34-10-12-35(13-11-34)28(37)17-6-7-22(25(14-17)38-2)33-24-16-18(15-19-20(29)4-3-5-21(19)30)32-23-8-9-31-27(36)26(23)24/h3-9,14,16H,10-13,15H2,1-2H3,(H,31,36)(H,32,33). The number of hydrogen-bond acceptors (Lipinski definition) is 6. The Hall–Kier alpha value is -3.59. The van der Waals surface area contributed by atoms with E-state index in [-0.39, 0.29) is 11.5 Å². The van der Waals surface area contributed by atoms with E-state index in [1.807, 2.05) is 11.9 Å². The Labute approximate surface area is 230 Å².